The highest BCUT2D eigenvalue weighted by Gasteiger charge is 2.11. The number of aryl methyl sites for hydroxylation is 1. The lowest BCUT2D eigenvalue weighted by Crippen LogP contribution is -2.05. The maximum absolute atomic E-state index is 5.78. The second-order valence-electron chi connectivity index (χ2n) is 4.25. The van der Waals surface area contributed by atoms with Crippen molar-refractivity contribution in [2.24, 2.45) is 5.73 Å². The van der Waals surface area contributed by atoms with Crippen molar-refractivity contribution in [1.82, 2.24) is 14.6 Å². The van der Waals surface area contributed by atoms with E-state index in [0.29, 0.717) is 6.54 Å². The van der Waals surface area contributed by atoms with Gasteiger partial charge in [0.1, 0.15) is 0 Å². The standard InChI is InChI=1S/C14H14N4/c1-10-5-2-3-7-12(10)14-17-16-13-8-4-6-11(9-15)18(13)14/h2-8H,9,15H2,1H3. The van der Waals surface area contributed by atoms with Gasteiger partial charge in [-0.05, 0) is 24.6 Å². The Hall–Kier alpha value is -2.20. The van der Waals surface area contributed by atoms with Gasteiger partial charge in [-0.25, -0.2) is 0 Å². The van der Waals surface area contributed by atoms with Crippen LogP contribution in [0.25, 0.3) is 17.0 Å². The van der Waals surface area contributed by atoms with Gasteiger partial charge in [-0.15, -0.1) is 10.2 Å². The molecule has 3 aromatic rings. The molecular formula is C14H14N4. The number of nitrogens with two attached hydrogens (primary N) is 1. The molecule has 0 fully saturated rings. The van der Waals surface area contributed by atoms with Gasteiger partial charge in [0.2, 0.25) is 0 Å². The number of nitrogens with zero attached hydrogens (tertiary/aromatic N) is 3. The molecule has 0 bridgehead atoms. The van der Waals surface area contributed by atoms with E-state index >= 15 is 0 Å². The van der Waals surface area contributed by atoms with Crippen molar-refractivity contribution >= 4 is 5.65 Å². The quantitative estimate of drug-likeness (QED) is 0.744. The zero-order chi connectivity index (χ0) is 12.5. The molecule has 2 aromatic heterocycles. The Morgan fingerprint density at radius 1 is 1.06 bits per heavy atom. The summed E-state index contributed by atoms with van der Waals surface area (Å²) in [5.41, 5.74) is 9.89. The molecule has 2 heterocycles. The maximum atomic E-state index is 5.78. The second-order valence-corrected chi connectivity index (χ2v) is 4.25. The zero-order valence-corrected chi connectivity index (χ0v) is 10.2. The van der Waals surface area contributed by atoms with Crippen LogP contribution in [0, 0.1) is 6.92 Å². The SMILES string of the molecule is Cc1ccccc1-c1nnc2cccc(CN)n12. The van der Waals surface area contributed by atoms with Crippen LogP contribution in [0.5, 0.6) is 0 Å². The summed E-state index contributed by atoms with van der Waals surface area (Å²) in [5.74, 6) is 0.851. The number of hydrogen-bond donors (Lipinski definition) is 1. The Kier molecular flexibility index (Phi) is 2.57. The van der Waals surface area contributed by atoms with E-state index in [1.807, 2.05) is 34.7 Å². The Balaban J connectivity index is 2.34. The fourth-order valence-electron chi connectivity index (χ4n) is 2.16. The van der Waals surface area contributed by atoms with Gasteiger partial charge in [0, 0.05) is 17.8 Å². The van der Waals surface area contributed by atoms with Crippen molar-refractivity contribution in [3.8, 4) is 11.4 Å². The highest BCUT2D eigenvalue weighted by Crippen LogP contribution is 2.23. The van der Waals surface area contributed by atoms with Gasteiger partial charge in [0.15, 0.2) is 11.5 Å². The monoisotopic (exact) mass is 238 g/mol. The summed E-state index contributed by atoms with van der Waals surface area (Å²) >= 11 is 0. The number of fused-ring (bicyclic) bond motifs is 1. The average molecular weight is 238 g/mol. The van der Waals surface area contributed by atoms with Crippen molar-refractivity contribution in [3.05, 3.63) is 53.7 Å². The zero-order valence-electron chi connectivity index (χ0n) is 10.2. The van der Waals surface area contributed by atoms with Gasteiger partial charge >= 0.3 is 0 Å². The van der Waals surface area contributed by atoms with E-state index in [4.69, 9.17) is 5.73 Å². The molecule has 2 N–H and O–H groups in total. The van der Waals surface area contributed by atoms with Crippen molar-refractivity contribution < 1.29 is 0 Å². The van der Waals surface area contributed by atoms with Crippen LogP contribution in [-0.2, 0) is 6.54 Å². The highest BCUT2D eigenvalue weighted by atomic mass is 15.3. The molecule has 0 aliphatic carbocycles. The van der Waals surface area contributed by atoms with E-state index < -0.39 is 0 Å². The summed E-state index contributed by atoms with van der Waals surface area (Å²) in [7, 11) is 0. The summed E-state index contributed by atoms with van der Waals surface area (Å²) in [6, 6.07) is 14.0. The van der Waals surface area contributed by atoms with Crippen LogP contribution in [-0.4, -0.2) is 14.6 Å². The Labute approximate surface area is 105 Å². The third-order valence-corrected chi connectivity index (χ3v) is 3.10. The molecule has 0 aliphatic rings. The third-order valence-electron chi connectivity index (χ3n) is 3.10. The van der Waals surface area contributed by atoms with E-state index in [-0.39, 0.29) is 0 Å². The predicted molar refractivity (Wildman–Crippen MR) is 71.1 cm³/mol. The first-order valence-electron chi connectivity index (χ1n) is 5.90. The van der Waals surface area contributed by atoms with Crippen LogP contribution >= 0.6 is 0 Å². The van der Waals surface area contributed by atoms with Gasteiger partial charge in [0.05, 0.1) is 0 Å². The van der Waals surface area contributed by atoms with Crippen molar-refractivity contribution in [3.63, 3.8) is 0 Å². The second kappa shape index (κ2) is 4.23. The molecule has 0 saturated heterocycles. The van der Waals surface area contributed by atoms with Crippen LogP contribution in [0.1, 0.15) is 11.3 Å². The number of rotatable bonds is 2. The van der Waals surface area contributed by atoms with E-state index in [0.717, 1.165) is 22.7 Å². The number of hydrogen-bond acceptors (Lipinski definition) is 3. The lowest BCUT2D eigenvalue weighted by Gasteiger charge is -2.07. The minimum absolute atomic E-state index is 0.467. The lowest BCUT2D eigenvalue weighted by atomic mass is 10.1. The van der Waals surface area contributed by atoms with Crippen molar-refractivity contribution in [1.29, 1.82) is 0 Å². The topological polar surface area (TPSA) is 56.2 Å². The summed E-state index contributed by atoms with van der Waals surface area (Å²) in [6.45, 7) is 2.54. The Morgan fingerprint density at radius 3 is 2.67 bits per heavy atom. The van der Waals surface area contributed by atoms with Crippen LogP contribution in [0.2, 0.25) is 0 Å². The first-order valence-corrected chi connectivity index (χ1v) is 5.90. The fraction of sp³-hybridized carbons (Fsp3) is 0.143. The molecule has 0 aliphatic heterocycles. The van der Waals surface area contributed by atoms with Crippen LogP contribution < -0.4 is 5.73 Å². The molecule has 90 valence electrons. The molecule has 0 saturated carbocycles. The van der Waals surface area contributed by atoms with E-state index in [9.17, 15) is 0 Å². The van der Waals surface area contributed by atoms with Gasteiger partial charge < -0.3 is 5.73 Å². The number of aromatic nitrogens is 3. The largest absolute Gasteiger partial charge is 0.325 e. The van der Waals surface area contributed by atoms with E-state index in [1.54, 1.807) is 0 Å². The molecule has 0 unspecified atom stereocenters. The number of benzene rings is 1. The molecule has 0 radical (unpaired) electrons. The minimum Gasteiger partial charge on any atom is -0.325 e. The maximum Gasteiger partial charge on any atom is 0.168 e. The predicted octanol–water partition coefficient (Wildman–Crippen LogP) is 2.16. The van der Waals surface area contributed by atoms with E-state index in [2.05, 4.69) is 29.3 Å². The first kappa shape index (κ1) is 10.9. The molecule has 1 aromatic carbocycles. The normalized spacial score (nSPS) is 11.0. The summed E-state index contributed by atoms with van der Waals surface area (Å²) in [4.78, 5) is 0. The molecule has 0 atom stereocenters. The summed E-state index contributed by atoms with van der Waals surface area (Å²) < 4.78 is 2.02. The molecule has 4 nitrogen and oxygen atoms in total. The van der Waals surface area contributed by atoms with Crippen molar-refractivity contribution in [2.75, 3.05) is 0 Å². The molecule has 18 heavy (non-hydrogen) atoms. The average Bonchev–Trinajstić information content (AvgIpc) is 2.83. The first-order chi connectivity index (χ1) is 8.81. The van der Waals surface area contributed by atoms with Crippen LogP contribution in [0.4, 0.5) is 0 Å². The van der Waals surface area contributed by atoms with Crippen LogP contribution in [0.15, 0.2) is 42.5 Å². The van der Waals surface area contributed by atoms with Crippen LogP contribution in [0.3, 0.4) is 0 Å². The van der Waals surface area contributed by atoms with Gasteiger partial charge in [0.25, 0.3) is 0 Å². The minimum atomic E-state index is 0.467. The number of pyridine rings is 1. The Morgan fingerprint density at radius 2 is 1.89 bits per heavy atom. The summed E-state index contributed by atoms with van der Waals surface area (Å²) in [5, 5.41) is 8.49. The molecule has 3 rings (SSSR count). The molecular weight excluding hydrogens is 224 g/mol. The van der Waals surface area contributed by atoms with Gasteiger partial charge in [-0.1, -0.05) is 30.3 Å². The Bertz CT molecular complexity index is 700. The fourth-order valence-corrected chi connectivity index (χ4v) is 2.16. The summed E-state index contributed by atoms with van der Waals surface area (Å²) in [6.07, 6.45) is 0. The van der Waals surface area contributed by atoms with E-state index in [1.165, 1.54) is 5.56 Å². The lowest BCUT2D eigenvalue weighted by molar-refractivity contribution is 0.945. The molecule has 0 spiro atoms. The highest BCUT2D eigenvalue weighted by molar-refractivity contribution is 5.63. The van der Waals surface area contributed by atoms with Gasteiger partial charge in [-0.2, -0.15) is 0 Å². The molecule has 0 amide bonds. The smallest absolute Gasteiger partial charge is 0.168 e. The van der Waals surface area contributed by atoms with Crippen molar-refractivity contribution in [2.45, 2.75) is 13.5 Å². The molecule has 4 heteroatoms. The van der Waals surface area contributed by atoms with Gasteiger partial charge in [-0.3, -0.25) is 4.40 Å². The third kappa shape index (κ3) is 1.58.